The van der Waals surface area contributed by atoms with Gasteiger partial charge in [0.25, 0.3) is 0 Å². The first-order chi connectivity index (χ1) is 51.2. The van der Waals surface area contributed by atoms with Crippen molar-refractivity contribution in [2.75, 3.05) is 16.9 Å². The summed E-state index contributed by atoms with van der Waals surface area (Å²) in [5, 5.41) is 4.81. The van der Waals surface area contributed by atoms with Gasteiger partial charge >= 0.3 is 0 Å². The van der Waals surface area contributed by atoms with Crippen molar-refractivity contribution in [2.45, 2.75) is 13.8 Å². The smallest absolute Gasteiger partial charge is 0.140 e. The van der Waals surface area contributed by atoms with Crippen LogP contribution < -0.4 is 14.5 Å². The summed E-state index contributed by atoms with van der Waals surface area (Å²) in [4.78, 5) is 15.2. The van der Waals surface area contributed by atoms with E-state index < -0.39 is 0 Å². The molecule has 0 saturated carbocycles. The molecule has 0 aliphatic heterocycles. The summed E-state index contributed by atoms with van der Waals surface area (Å²) in [5.41, 5.74) is 26.7. The van der Waals surface area contributed by atoms with Gasteiger partial charge < -0.3 is 32.8 Å². The maximum Gasteiger partial charge on any atom is 0.140 e. The lowest BCUT2D eigenvalue weighted by atomic mass is 10.1. The number of methoxy groups -OCH3 is 1. The lowest BCUT2D eigenvalue weighted by molar-refractivity contribution is 0.415. The van der Waals surface area contributed by atoms with E-state index in [0.717, 1.165) is 136 Å². The van der Waals surface area contributed by atoms with E-state index in [9.17, 15) is 0 Å². The standard InChI is InChI=1S/C48H38N4.C47H36N4O/c1-33-21-27-38(28-22-33)51(39-29-23-34(2)24-30-39)43-19-12-20-44-45(43)41-17-10-11-18-42(41)52(44)40-31-25-37(26-32-40)48-49-46(35-13-6-4-7-14-35)47(50(48)3)36-15-8-5-9-16-36;1-49-46(34-17-8-4-9-18-34)45(33-15-6-3-7-16-33)48-47(49)35-25-27-38(28-26-35)51-41-22-13-12-21-40(41)44-42(23-14-24-43(44)51)50(36-19-10-5-11-20-36)37-29-31-39(52-2)32-30-37/h4-32H,1-3H3;3-32H,1-2H3. The van der Waals surface area contributed by atoms with Gasteiger partial charge in [0.15, 0.2) is 0 Å². The molecule has 4 heterocycles. The van der Waals surface area contributed by atoms with E-state index >= 15 is 0 Å². The molecule has 104 heavy (non-hydrogen) atoms. The summed E-state index contributed by atoms with van der Waals surface area (Å²) in [7, 11) is 5.93. The first-order valence-electron chi connectivity index (χ1n) is 35.3. The van der Waals surface area contributed by atoms with Crippen molar-refractivity contribution in [3.05, 3.63) is 369 Å². The summed E-state index contributed by atoms with van der Waals surface area (Å²) >= 11 is 0. The molecule has 18 rings (SSSR count). The van der Waals surface area contributed by atoms with E-state index in [1.54, 1.807) is 7.11 Å². The quantitative estimate of drug-likeness (QED) is 0.102. The third-order valence-electron chi connectivity index (χ3n) is 19.9. The van der Waals surface area contributed by atoms with Gasteiger partial charge in [-0.15, -0.1) is 0 Å². The minimum absolute atomic E-state index is 0.827. The van der Waals surface area contributed by atoms with Crippen LogP contribution in [0.2, 0.25) is 0 Å². The van der Waals surface area contributed by atoms with Crippen molar-refractivity contribution in [2.24, 2.45) is 14.1 Å². The maximum absolute atomic E-state index is 5.50. The molecule has 0 unspecified atom stereocenters. The fourth-order valence-electron chi connectivity index (χ4n) is 15.0. The van der Waals surface area contributed by atoms with Gasteiger partial charge in [0.1, 0.15) is 17.4 Å². The number of aromatic nitrogens is 6. The average molecular weight is 1340 g/mol. The molecule has 0 aliphatic carbocycles. The van der Waals surface area contributed by atoms with E-state index in [4.69, 9.17) is 14.7 Å². The number of imidazole rings is 2. The predicted molar refractivity (Wildman–Crippen MR) is 433 cm³/mol. The highest BCUT2D eigenvalue weighted by Gasteiger charge is 2.26. The number of anilines is 6. The Bertz CT molecular complexity index is 6020. The first kappa shape index (κ1) is 63.9. The van der Waals surface area contributed by atoms with Gasteiger partial charge in [0.2, 0.25) is 0 Å². The van der Waals surface area contributed by atoms with Crippen LogP contribution in [0.1, 0.15) is 11.1 Å². The van der Waals surface area contributed by atoms with E-state index in [1.165, 1.54) is 38.2 Å². The van der Waals surface area contributed by atoms with Gasteiger partial charge in [-0.1, -0.05) is 223 Å². The van der Waals surface area contributed by atoms with Crippen molar-refractivity contribution in [1.29, 1.82) is 0 Å². The molecular weight excluding hydrogens is 1270 g/mol. The van der Waals surface area contributed by atoms with Crippen molar-refractivity contribution >= 4 is 77.7 Å². The van der Waals surface area contributed by atoms with Gasteiger partial charge in [0, 0.05) is 103 Å². The van der Waals surface area contributed by atoms with Crippen LogP contribution in [0.15, 0.2) is 358 Å². The topological polar surface area (TPSA) is 61.2 Å². The third kappa shape index (κ3) is 11.7. The molecule has 18 aromatic rings. The van der Waals surface area contributed by atoms with Crippen molar-refractivity contribution in [3.63, 3.8) is 0 Å². The van der Waals surface area contributed by atoms with E-state index in [0.29, 0.717) is 0 Å². The molecule has 9 heteroatoms. The Morgan fingerprint density at radius 2 is 0.596 bits per heavy atom. The summed E-state index contributed by atoms with van der Waals surface area (Å²) in [6.07, 6.45) is 0. The van der Waals surface area contributed by atoms with E-state index in [2.05, 4.69) is 396 Å². The van der Waals surface area contributed by atoms with E-state index in [1.807, 2.05) is 18.2 Å². The second-order valence-corrected chi connectivity index (χ2v) is 26.4. The molecule has 0 saturated heterocycles. The Labute approximate surface area is 605 Å². The second-order valence-electron chi connectivity index (χ2n) is 26.4. The highest BCUT2D eigenvalue weighted by atomic mass is 16.5. The highest BCUT2D eigenvalue weighted by molar-refractivity contribution is 6.18. The normalized spacial score (nSPS) is 11.3. The summed E-state index contributed by atoms with van der Waals surface area (Å²) < 4.78 is 14.7. The first-order valence-corrected chi connectivity index (χ1v) is 35.3. The van der Waals surface area contributed by atoms with Crippen molar-refractivity contribution < 1.29 is 4.74 Å². The lowest BCUT2D eigenvalue weighted by Crippen LogP contribution is -2.10. The average Bonchev–Trinajstić information content (AvgIpc) is 1.57. The molecule has 0 bridgehead atoms. The highest BCUT2D eigenvalue weighted by Crippen LogP contribution is 2.47. The summed E-state index contributed by atoms with van der Waals surface area (Å²) in [5.74, 6) is 2.68. The van der Waals surface area contributed by atoms with Crippen molar-refractivity contribution in [1.82, 2.24) is 28.2 Å². The Hall–Kier alpha value is -13.5. The lowest BCUT2D eigenvalue weighted by Gasteiger charge is -2.26. The number of rotatable bonds is 15. The number of nitrogens with zero attached hydrogens (tertiary/aromatic N) is 8. The number of para-hydroxylation sites is 3. The van der Waals surface area contributed by atoms with Gasteiger partial charge in [0.05, 0.1) is 63.3 Å². The van der Waals surface area contributed by atoms with Crippen LogP contribution in [0.5, 0.6) is 5.75 Å². The number of hydrogen-bond donors (Lipinski definition) is 0. The van der Waals surface area contributed by atoms with Gasteiger partial charge in [-0.25, -0.2) is 9.97 Å². The van der Waals surface area contributed by atoms with Gasteiger partial charge in [-0.3, -0.25) is 0 Å². The number of benzene rings is 14. The van der Waals surface area contributed by atoms with Crippen LogP contribution in [-0.4, -0.2) is 35.3 Å². The van der Waals surface area contributed by atoms with Gasteiger partial charge in [-0.05, 0) is 159 Å². The van der Waals surface area contributed by atoms with Crippen molar-refractivity contribution in [3.8, 4) is 84.9 Å². The molecule has 0 fully saturated rings. The number of ether oxygens (including phenoxy) is 1. The SMILES string of the molecule is COc1ccc(N(c2ccccc2)c2cccc3c2c2ccccc2n3-c2ccc(-c3nc(-c4ccccc4)c(-c4ccccc4)n3C)cc2)cc1.Cc1ccc(N(c2ccc(C)cc2)c2cccc3c2c2ccccc2n3-c2ccc(-c3nc(-c4ccccc4)c(-c4ccccc4)n3C)cc2)cc1. The molecule has 0 amide bonds. The zero-order chi connectivity index (χ0) is 70.2. The molecule has 4 aromatic heterocycles. The molecule has 0 aliphatic rings. The minimum Gasteiger partial charge on any atom is -0.497 e. The molecule has 500 valence electrons. The Morgan fingerprint density at radius 3 is 0.971 bits per heavy atom. The van der Waals surface area contributed by atoms with Crippen LogP contribution >= 0.6 is 0 Å². The molecule has 9 nitrogen and oxygen atoms in total. The fourth-order valence-corrected chi connectivity index (χ4v) is 15.0. The molecule has 14 aromatic carbocycles. The van der Waals surface area contributed by atoms with E-state index in [-0.39, 0.29) is 0 Å². The summed E-state index contributed by atoms with van der Waals surface area (Å²) in [6.45, 7) is 4.27. The number of hydrogen-bond acceptors (Lipinski definition) is 5. The largest absolute Gasteiger partial charge is 0.497 e. The maximum atomic E-state index is 5.50. The predicted octanol–water partition coefficient (Wildman–Crippen LogP) is 24.6. The van der Waals surface area contributed by atoms with Crippen LogP contribution in [0.25, 0.3) is 123 Å². The molecule has 0 spiro atoms. The minimum atomic E-state index is 0.827. The Kier molecular flexibility index (Phi) is 16.9. The monoisotopic (exact) mass is 1340 g/mol. The third-order valence-corrected chi connectivity index (χ3v) is 19.9. The number of fused-ring (bicyclic) bond motifs is 6. The van der Waals surface area contributed by atoms with Crippen LogP contribution in [0.4, 0.5) is 34.1 Å². The van der Waals surface area contributed by atoms with Crippen LogP contribution in [-0.2, 0) is 14.1 Å². The Balaban J connectivity index is 0.000000154. The second kappa shape index (κ2) is 27.6. The summed E-state index contributed by atoms with van der Waals surface area (Å²) in [6, 6.07) is 127. The molecule has 0 atom stereocenters. The van der Waals surface area contributed by atoms with Crippen LogP contribution in [0, 0.1) is 13.8 Å². The van der Waals surface area contributed by atoms with Crippen LogP contribution in [0.3, 0.4) is 0 Å². The number of aryl methyl sites for hydroxylation is 2. The molecule has 0 N–H and O–H groups in total. The zero-order valence-corrected chi connectivity index (χ0v) is 58.5. The Morgan fingerprint density at radius 1 is 0.279 bits per heavy atom. The molecular formula is C95H74N8O. The zero-order valence-electron chi connectivity index (χ0n) is 58.5. The molecule has 0 radical (unpaired) electrons. The van der Waals surface area contributed by atoms with Gasteiger partial charge in [-0.2, -0.15) is 0 Å². The fraction of sp³-hybridized carbons (Fsp3) is 0.0526.